The number of anilines is 1. The third kappa shape index (κ3) is 6.16. The summed E-state index contributed by atoms with van der Waals surface area (Å²) in [6.45, 7) is 5.24. The Hall–Kier alpha value is -1.83. The number of nitrogens with zero attached hydrogens (tertiary/aromatic N) is 3. The van der Waals surface area contributed by atoms with E-state index in [1.165, 1.54) is 11.8 Å². The lowest BCUT2D eigenvalue weighted by Crippen LogP contribution is -2.23. The molecule has 2 rings (SSSR count). The first-order chi connectivity index (χ1) is 12.5. The van der Waals surface area contributed by atoms with Gasteiger partial charge in [-0.3, -0.25) is 9.63 Å². The van der Waals surface area contributed by atoms with Crippen molar-refractivity contribution in [1.29, 1.82) is 0 Å². The molecule has 1 amide bonds. The molecular weight excluding hydrogens is 372 g/mol. The van der Waals surface area contributed by atoms with Crippen molar-refractivity contribution in [3.8, 4) is 0 Å². The van der Waals surface area contributed by atoms with E-state index >= 15 is 0 Å². The van der Waals surface area contributed by atoms with E-state index in [1.54, 1.807) is 12.1 Å². The number of hydrogen-bond acceptors (Lipinski definition) is 6. The van der Waals surface area contributed by atoms with Crippen LogP contribution >= 0.6 is 23.4 Å². The molecule has 0 spiro atoms. The van der Waals surface area contributed by atoms with Gasteiger partial charge >= 0.3 is 0 Å². The van der Waals surface area contributed by atoms with Gasteiger partial charge in [0.15, 0.2) is 5.16 Å². The van der Waals surface area contributed by atoms with Gasteiger partial charge < -0.3 is 4.90 Å². The first-order valence-electron chi connectivity index (χ1n) is 8.43. The topological polar surface area (TPSA) is 67.4 Å². The zero-order valence-corrected chi connectivity index (χ0v) is 16.7. The van der Waals surface area contributed by atoms with Gasteiger partial charge in [-0.25, -0.2) is 15.4 Å². The largest absolute Gasteiger partial charge is 0.360 e. The van der Waals surface area contributed by atoms with Gasteiger partial charge in [-0.15, -0.1) is 0 Å². The quantitative estimate of drug-likeness (QED) is 0.300. The van der Waals surface area contributed by atoms with E-state index in [2.05, 4.69) is 27.3 Å². The molecule has 1 heterocycles. The fourth-order valence-electron chi connectivity index (χ4n) is 2.24. The molecule has 0 aliphatic heterocycles. The number of carbonyl (C=O) groups excluding carboxylic acids is 1. The molecule has 0 atom stereocenters. The Morgan fingerprint density at radius 1 is 1.31 bits per heavy atom. The summed E-state index contributed by atoms with van der Waals surface area (Å²) >= 11 is 7.61. The first-order valence-corrected chi connectivity index (χ1v) is 9.79. The average molecular weight is 395 g/mol. The summed E-state index contributed by atoms with van der Waals surface area (Å²) in [7, 11) is 1.98. The van der Waals surface area contributed by atoms with Crippen LogP contribution in [-0.2, 0) is 10.6 Å². The van der Waals surface area contributed by atoms with Crippen molar-refractivity contribution >= 4 is 35.1 Å². The number of amides is 1. The van der Waals surface area contributed by atoms with Crippen molar-refractivity contribution < 1.29 is 9.63 Å². The van der Waals surface area contributed by atoms with Crippen molar-refractivity contribution in [2.45, 2.75) is 31.2 Å². The Morgan fingerprint density at radius 2 is 2.12 bits per heavy atom. The lowest BCUT2D eigenvalue weighted by molar-refractivity contribution is 0.0364. The lowest BCUT2D eigenvalue weighted by Gasteiger charge is -2.17. The van der Waals surface area contributed by atoms with Crippen molar-refractivity contribution in [2.75, 3.05) is 25.1 Å². The van der Waals surface area contributed by atoms with Gasteiger partial charge in [-0.1, -0.05) is 42.4 Å². The van der Waals surface area contributed by atoms with E-state index in [0.717, 1.165) is 24.3 Å². The van der Waals surface area contributed by atoms with Gasteiger partial charge in [0.05, 0.1) is 6.61 Å². The third-order valence-corrected chi connectivity index (χ3v) is 4.59. The van der Waals surface area contributed by atoms with Crippen LogP contribution in [0.25, 0.3) is 0 Å². The highest BCUT2D eigenvalue weighted by atomic mass is 35.5. The van der Waals surface area contributed by atoms with E-state index in [-0.39, 0.29) is 5.91 Å². The number of hydrogen-bond donors (Lipinski definition) is 1. The molecular formula is C18H23ClN4O2S. The Labute approximate surface area is 163 Å². The number of aromatic nitrogens is 2. The molecule has 26 heavy (non-hydrogen) atoms. The minimum atomic E-state index is -0.263. The molecule has 140 valence electrons. The molecule has 1 aromatic carbocycles. The smallest absolute Gasteiger partial charge is 0.274 e. The van der Waals surface area contributed by atoms with Crippen LogP contribution in [0, 0.1) is 0 Å². The normalized spacial score (nSPS) is 10.6. The molecule has 0 saturated heterocycles. The molecule has 6 nitrogen and oxygen atoms in total. The number of hydroxylamine groups is 1. The van der Waals surface area contributed by atoms with E-state index in [1.807, 2.05) is 32.2 Å². The van der Waals surface area contributed by atoms with Gasteiger partial charge in [0.25, 0.3) is 5.91 Å². The number of halogens is 1. The van der Waals surface area contributed by atoms with Crippen LogP contribution in [0.1, 0.15) is 36.2 Å². The van der Waals surface area contributed by atoms with Gasteiger partial charge in [0.1, 0.15) is 11.0 Å². The number of benzene rings is 1. The minimum absolute atomic E-state index is 0.263. The highest BCUT2D eigenvalue weighted by Gasteiger charge is 2.10. The van der Waals surface area contributed by atoms with E-state index < -0.39 is 0 Å². The molecule has 1 N–H and O–H groups in total. The SMILES string of the molecule is CCCN(C)c1cc(Cl)nc(SCc2cccc(C(=O)NOCC)c2)n1. The maximum absolute atomic E-state index is 12.0. The molecule has 0 aliphatic rings. The fourth-order valence-corrected chi connectivity index (χ4v) is 3.27. The number of thioether (sulfide) groups is 1. The van der Waals surface area contributed by atoms with Crippen LogP contribution in [0.2, 0.25) is 5.15 Å². The summed E-state index contributed by atoms with van der Waals surface area (Å²) in [6.07, 6.45) is 1.02. The van der Waals surface area contributed by atoms with Crippen LogP contribution < -0.4 is 10.4 Å². The predicted octanol–water partition coefficient (Wildman–Crippen LogP) is 3.95. The van der Waals surface area contributed by atoms with Gasteiger partial charge in [0, 0.05) is 31.0 Å². The second-order valence-corrected chi connectivity index (χ2v) is 6.94. The molecule has 2 aromatic rings. The number of nitrogens with one attached hydrogen (secondary N) is 1. The van der Waals surface area contributed by atoms with Crippen LogP contribution in [-0.4, -0.2) is 36.1 Å². The summed E-state index contributed by atoms with van der Waals surface area (Å²) < 4.78 is 0. The molecule has 0 saturated carbocycles. The standard InChI is InChI=1S/C18H23ClN4O2S/c1-4-9-23(3)16-11-15(19)20-18(21-16)26-12-13-7-6-8-14(10-13)17(24)22-25-5-2/h6-8,10-11H,4-5,9,12H2,1-3H3,(H,22,24). The zero-order valence-electron chi connectivity index (χ0n) is 15.2. The van der Waals surface area contributed by atoms with Crippen LogP contribution in [0.3, 0.4) is 0 Å². The second-order valence-electron chi connectivity index (χ2n) is 5.61. The highest BCUT2D eigenvalue weighted by molar-refractivity contribution is 7.98. The van der Waals surface area contributed by atoms with Crippen molar-refractivity contribution in [3.05, 3.63) is 46.6 Å². The van der Waals surface area contributed by atoms with Gasteiger partial charge in [0.2, 0.25) is 0 Å². The summed E-state index contributed by atoms with van der Waals surface area (Å²) in [5, 5.41) is 1.03. The lowest BCUT2D eigenvalue weighted by atomic mass is 10.1. The Balaban J connectivity index is 2.05. The van der Waals surface area contributed by atoms with Gasteiger partial charge in [-0.2, -0.15) is 0 Å². The van der Waals surface area contributed by atoms with E-state index in [9.17, 15) is 4.79 Å². The molecule has 0 fully saturated rings. The predicted molar refractivity (Wildman–Crippen MR) is 106 cm³/mol. The Morgan fingerprint density at radius 3 is 2.85 bits per heavy atom. The minimum Gasteiger partial charge on any atom is -0.360 e. The van der Waals surface area contributed by atoms with Crippen LogP contribution in [0.15, 0.2) is 35.5 Å². The molecule has 0 aliphatic carbocycles. The molecule has 1 aromatic heterocycles. The first kappa shape index (κ1) is 20.5. The summed E-state index contributed by atoms with van der Waals surface area (Å²) in [6, 6.07) is 9.14. The maximum Gasteiger partial charge on any atom is 0.274 e. The average Bonchev–Trinajstić information content (AvgIpc) is 2.64. The fraction of sp³-hybridized carbons (Fsp3) is 0.389. The van der Waals surface area contributed by atoms with Crippen molar-refractivity contribution in [2.24, 2.45) is 0 Å². The van der Waals surface area contributed by atoms with Crippen LogP contribution in [0.4, 0.5) is 5.82 Å². The maximum atomic E-state index is 12.0. The Bertz CT molecular complexity index is 745. The Kier molecular flexibility index (Phi) is 8.15. The van der Waals surface area contributed by atoms with E-state index in [0.29, 0.717) is 28.2 Å². The zero-order chi connectivity index (χ0) is 18.9. The second kappa shape index (κ2) is 10.4. The van der Waals surface area contributed by atoms with Crippen molar-refractivity contribution in [3.63, 3.8) is 0 Å². The summed E-state index contributed by atoms with van der Waals surface area (Å²) in [5.41, 5.74) is 3.94. The summed E-state index contributed by atoms with van der Waals surface area (Å²) in [5.74, 6) is 1.17. The van der Waals surface area contributed by atoms with Crippen molar-refractivity contribution in [1.82, 2.24) is 15.4 Å². The van der Waals surface area contributed by atoms with E-state index in [4.69, 9.17) is 16.4 Å². The summed E-state index contributed by atoms with van der Waals surface area (Å²) in [4.78, 5) is 27.8. The number of carbonyl (C=O) groups is 1. The third-order valence-electron chi connectivity index (χ3n) is 3.48. The molecule has 0 radical (unpaired) electrons. The monoisotopic (exact) mass is 394 g/mol. The highest BCUT2D eigenvalue weighted by Crippen LogP contribution is 2.24. The molecule has 0 unspecified atom stereocenters. The van der Waals surface area contributed by atoms with Crippen LogP contribution in [0.5, 0.6) is 0 Å². The number of rotatable bonds is 9. The molecule has 8 heteroatoms. The van der Waals surface area contributed by atoms with Gasteiger partial charge in [-0.05, 0) is 31.0 Å². The molecule has 0 bridgehead atoms.